The topological polar surface area (TPSA) is 18.5 Å². The predicted molar refractivity (Wildman–Crippen MR) is 81.5 cm³/mol. The third-order valence-corrected chi connectivity index (χ3v) is 5.68. The Morgan fingerprint density at radius 3 is 2.47 bits per heavy atom. The highest BCUT2D eigenvalue weighted by Gasteiger charge is 2.53. The van der Waals surface area contributed by atoms with Gasteiger partial charge in [0, 0.05) is 3.57 Å². The van der Waals surface area contributed by atoms with Gasteiger partial charge in [0.15, 0.2) is 11.5 Å². The minimum atomic E-state index is 0.315. The number of hydrogen-bond donors (Lipinski definition) is 0. The van der Waals surface area contributed by atoms with Crippen LogP contribution in [0, 0.1) is 19.0 Å². The Kier molecular flexibility index (Phi) is 2.54. The van der Waals surface area contributed by atoms with Crippen LogP contribution >= 0.6 is 45.2 Å². The van der Waals surface area contributed by atoms with E-state index >= 15 is 0 Å². The lowest BCUT2D eigenvalue weighted by Crippen LogP contribution is -2.44. The molecule has 4 unspecified atom stereocenters. The molecule has 3 aliphatic rings. The molecule has 2 saturated carbocycles. The van der Waals surface area contributed by atoms with Crippen LogP contribution in [0.5, 0.6) is 11.5 Å². The summed E-state index contributed by atoms with van der Waals surface area (Å²) < 4.78 is 14.8. The van der Waals surface area contributed by atoms with Crippen LogP contribution in [0.4, 0.5) is 0 Å². The van der Waals surface area contributed by atoms with Gasteiger partial charge in [-0.2, -0.15) is 0 Å². The summed E-state index contributed by atoms with van der Waals surface area (Å²) >= 11 is 4.68. The standard InChI is InChI=1S/C13H12I2O2/c14-8-4-9(15)13-10(5-8)16-11-6-1-2-7(3-6)12(11)17-13/h4-7,11-12H,1-3H2. The molecule has 2 bridgehead atoms. The van der Waals surface area contributed by atoms with Crippen LogP contribution in [0.3, 0.4) is 0 Å². The van der Waals surface area contributed by atoms with E-state index in [9.17, 15) is 0 Å². The second kappa shape index (κ2) is 3.88. The molecule has 2 aliphatic carbocycles. The first kappa shape index (κ1) is 11.1. The zero-order valence-corrected chi connectivity index (χ0v) is 13.5. The third kappa shape index (κ3) is 1.62. The Morgan fingerprint density at radius 1 is 1.00 bits per heavy atom. The van der Waals surface area contributed by atoms with E-state index in [0.717, 1.165) is 23.3 Å². The first-order chi connectivity index (χ1) is 8.22. The molecular formula is C13H12I2O2. The summed E-state index contributed by atoms with van der Waals surface area (Å²) in [6.07, 6.45) is 4.58. The van der Waals surface area contributed by atoms with Crippen molar-refractivity contribution in [2.45, 2.75) is 31.5 Å². The molecule has 0 saturated heterocycles. The van der Waals surface area contributed by atoms with Crippen molar-refractivity contribution in [3.8, 4) is 11.5 Å². The van der Waals surface area contributed by atoms with Gasteiger partial charge in [0.25, 0.3) is 0 Å². The highest BCUT2D eigenvalue weighted by atomic mass is 127. The number of fused-ring (bicyclic) bond motifs is 6. The number of ether oxygens (including phenoxy) is 2. The average molecular weight is 454 g/mol. The molecule has 4 heteroatoms. The monoisotopic (exact) mass is 454 g/mol. The van der Waals surface area contributed by atoms with E-state index in [1.165, 1.54) is 26.4 Å². The van der Waals surface area contributed by atoms with Gasteiger partial charge in [-0.3, -0.25) is 0 Å². The van der Waals surface area contributed by atoms with Gasteiger partial charge in [0.2, 0.25) is 0 Å². The zero-order valence-electron chi connectivity index (χ0n) is 9.16. The molecule has 0 N–H and O–H groups in total. The lowest BCUT2D eigenvalue weighted by atomic mass is 9.94. The molecule has 0 radical (unpaired) electrons. The molecule has 0 spiro atoms. The van der Waals surface area contributed by atoms with Gasteiger partial charge in [0.05, 0.1) is 3.57 Å². The van der Waals surface area contributed by atoms with Gasteiger partial charge in [-0.1, -0.05) is 0 Å². The summed E-state index contributed by atoms with van der Waals surface area (Å²) in [7, 11) is 0. The third-order valence-electron chi connectivity index (χ3n) is 4.26. The van der Waals surface area contributed by atoms with Crippen molar-refractivity contribution in [3.05, 3.63) is 19.3 Å². The molecule has 0 aromatic heterocycles. The minimum Gasteiger partial charge on any atom is -0.482 e. The smallest absolute Gasteiger partial charge is 0.175 e. The number of hydrogen-bond acceptors (Lipinski definition) is 2. The summed E-state index contributed by atoms with van der Waals surface area (Å²) in [5, 5.41) is 0. The molecule has 0 amide bonds. The molecule has 90 valence electrons. The fourth-order valence-electron chi connectivity index (χ4n) is 3.53. The van der Waals surface area contributed by atoms with Crippen LogP contribution in [0.2, 0.25) is 0 Å². The van der Waals surface area contributed by atoms with Gasteiger partial charge < -0.3 is 9.47 Å². The van der Waals surface area contributed by atoms with Crippen LogP contribution in [0.15, 0.2) is 12.1 Å². The van der Waals surface area contributed by atoms with Gasteiger partial charge in [0.1, 0.15) is 12.2 Å². The molecule has 1 aliphatic heterocycles. The van der Waals surface area contributed by atoms with Crippen molar-refractivity contribution in [2.75, 3.05) is 0 Å². The second-order valence-electron chi connectivity index (χ2n) is 5.21. The fourth-order valence-corrected chi connectivity index (χ4v) is 5.45. The summed E-state index contributed by atoms with van der Waals surface area (Å²) in [5.41, 5.74) is 0. The Balaban J connectivity index is 1.78. The summed E-state index contributed by atoms with van der Waals surface area (Å²) in [5.74, 6) is 3.39. The van der Waals surface area contributed by atoms with E-state index < -0.39 is 0 Å². The van der Waals surface area contributed by atoms with Crippen LogP contribution in [0.25, 0.3) is 0 Å². The van der Waals surface area contributed by atoms with Gasteiger partial charge >= 0.3 is 0 Å². The van der Waals surface area contributed by atoms with Crippen molar-refractivity contribution >= 4 is 45.2 Å². The van der Waals surface area contributed by atoms with Crippen molar-refractivity contribution in [1.82, 2.24) is 0 Å². The molecular weight excluding hydrogens is 442 g/mol. The lowest BCUT2D eigenvalue weighted by molar-refractivity contribution is -0.0137. The first-order valence-electron chi connectivity index (χ1n) is 6.05. The molecule has 2 fully saturated rings. The Hall–Kier alpha value is 0.280. The van der Waals surface area contributed by atoms with E-state index in [-0.39, 0.29) is 0 Å². The van der Waals surface area contributed by atoms with Gasteiger partial charge in [-0.05, 0) is 88.4 Å². The van der Waals surface area contributed by atoms with E-state index in [4.69, 9.17) is 9.47 Å². The Bertz CT molecular complexity index is 489. The van der Waals surface area contributed by atoms with Crippen molar-refractivity contribution < 1.29 is 9.47 Å². The maximum atomic E-state index is 6.24. The molecule has 1 aromatic carbocycles. The number of rotatable bonds is 0. The SMILES string of the molecule is Ic1cc(I)c2c(c1)OC1C3CCC(C3)C1O2. The maximum absolute atomic E-state index is 6.24. The lowest BCUT2D eigenvalue weighted by Gasteiger charge is -2.37. The average Bonchev–Trinajstić information content (AvgIpc) is 2.87. The number of halogens is 2. The summed E-state index contributed by atoms with van der Waals surface area (Å²) in [6, 6.07) is 4.25. The first-order valence-corrected chi connectivity index (χ1v) is 8.20. The van der Waals surface area contributed by atoms with Gasteiger partial charge in [-0.15, -0.1) is 0 Å². The molecule has 4 atom stereocenters. The van der Waals surface area contributed by atoms with Crippen LogP contribution in [-0.4, -0.2) is 12.2 Å². The molecule has 17 heavy (non-hydrogen) atoms. The predicted octanol–water partition coefficient (Wildman–Crippen LogP) is 3.83. The zero-order chi connectivity index (χ0) is 11.6. The van der Waals surface area contributed by atoms with E-state index in [2.05, 4.69) is 57.3 Å². The summed E-state index contributed by atoms with van der Waals surface area (Å²) in [6.45, 7) is 0. The molecule has 1 aromatic rings. The largest absolute Gasteiger partial charge is 0.482 e. The second-order valence-corrected chi connectivity index (χ2v) is 7.62. The minimum absolute atomic E-state index is 0.315. The summed E-state index contributed by atoms with van der Waals surface area (Å²) in [4.78, 5) is 0. The molecule has 4 rings (SSSR count). The maximum Gasteiger partial charge on any atom is 0.175 e. The van der Waals surface area contributed by atoms with Crippen molar-refractivity contribution in [2.24, 2.45) is 11.8 Å². The van der Waals surface area contributed by atoms with E-state index in [1.54, 1.807) is 0 Å². The van der Waals surface area contributed by atoms with Crippen LogP contribution < -0.4 is 9.47 Å². The van der Waals surface area contributed by atoms with Crippen LogP contribution in [0.1, 0.15) is 19.3 Å². The Morgan fingerprint density at radius 2 is 1.71 bits per heavy atom. The highest BCUT2D eigenvalue weighted by Crippen LogP contribution is 2.52. The van der Waals surface area contributed by atoms with Gasteiger partial charge in [-0.25, -0.2) is 0 Å². The van der Waals surface area contributed by atoms with Crippen molar-refractivity contribution in [3.63, 3.8) is 0 Å². The fraction of sp³-hybridized carbons (Fsp3) is 0.538. The van der Waals surface area contributed by atoms with Crippen molar-refractivity contribution in [1.29, 1.82) is 0 Å². The van der Waals surface area contributed by atoms with E-state index in [0.29, 0.717) is 12.2 Å². The molecule has 2 nitrogen and oxygen atoms in total. The normalized spacial score (nSPS) is 37.1. The quantitative estimate of drug-likeness (QED) is 0.556. The molecule has 1 heterocycles. The van der Waals surface area contributed by atoms with Crippen LogP contribution in [-0.2, 0) is 0 Å². The van der Waals surface area contributed by atoms with E-state index in [1.807, 2.05) is 0 Å². The Labute approximate surface area is 128 Å². The highest BCUT2D eigenvalue weighted by molar-refractivity contribution is 14.1. The number of benzene rings is 1.